The number of hydrogen-bond donors (Lipinski definition) is 2. The van der Waals surface area contributed by atoms with Crippen molar-refractivity contribution in [2.24, 2.45) is 0 Å². The van der Waals surface area contributed by atoms with Crippen LogP contribution in [0.2, 0.25) is 0 Å². The molecule has 2 aromatic carbocycles. The SMILES string of the molecule is C[N+](C)(C)Cc1c[nH]c2cc(OCc3ccccc3)ccc12.I.N.[I-]. The average molecular weight is 567 g/mol. The van der Waals surface area contributed by atoms with Crippen LogP contribution in [0, 0.1) is 0 Å². The lowest BCUT2D eigenvalue weighted by molar-refractivity contribution is -0.883. The fraction of sp³-hybridized carbons (Fsp3) is 0.263. The largest absolute Gasteiger partial charge is 1.00 e. The van der Waals surface area contributed by atoms with E-state index < -0.39 is 0 Å². The lowest BCUT2D eigenvalue weighted by Gasteiger charge is -2.23. The highest BCUT2D eigenvalue weighted by Crippen LogP contribution is 2.25. The van der Waals surface area contributed by atoms with Gasteiger partial charge in [0.1, 0.15) is 18.9 Å². The summed E-state index contributed by atoms with van der Waals surface area (Å²) in [5.41, 5.74) is 3.66. The molecule has 0 aliphatic carbocycles. The van der Waals surface area contributed by atoms with Crippen molar-refractivity contribution in [1.82, 2.24) is 11.1 Å². The van der Waals surface area contributed by atoms with Crippen molar-refractivity contribution >= 4 is 34.9 Å². The molecule has 0 saturated carbocycles. The van der Waals surface area contributed by atoms with E-state index in [0.29, 0.717) is 6.61 Å². The number of quaternary nitrogens is 1. The Kier molecular flexibility index (Phi) is 10.00. The van der Waals surface area contributed by atoms with Crippen LogP contribution in [0.4, 0.5) is 0 Å². The Hall–Kier alpha value is -0.840. The Bertz CT molecular complexity index is 767. The quantitative estimate of drug-likeness (QED) is 0.365. The van der Waals surface area contributed by atoms with E-state index in [1.807, 2.05) is 18.2 Å². The normalized spacial score (nSPS) is 10.4. The molecule has 0 fully saturated rings. The smallest absolute Gasteiger partial charge is 0.121 e. The van der Waals surface area contributed by atoms with Crippen molar-refractivity contribution in [2.75, 3.05) is 21.1 Å². The number of halogens is 2. The number of nitrogens with zero attached hydrogens (tertiary/aromatic N) is 1. The summed E-state index contributed by atoms with van der Waals surface area (Å²) in [4.78, 5) is 3.36. The minimum Gasteiger partial charge on any atom is -1.00 e. The molecule has 0 bridgehead atoms. The number of rotatable bonds is 5. The predicted molar refractivity (Wildman–Crippen MR) is 111 cm³/mol. The summed E-state index contributed by atoms with van der Waals surface area (Å²) < 4.78 is 6.80. The molecule has 0 aliphatic heterocycles. The number of benzene rings is 2. The molecular weight excluding hydrogens is 540 g/mol. The summed E-state index contributed by atoms with van der Waals surface area (Å²) in [6.45, 7) is 1.60. The highest BCUT2D eigenvalue weighted by Gasteiger charge is 2.13. The Morgan fingerprint density at radius 3 is 2.32 bits per heavy atom. The van der Waals surface area contributed by atoms with Crippen molar-refractivity contribution in [3.05, 3.63) is 65.9 Å². The summed E-state index contributed by atoms with van der Waals surface area (Å²) >= 11 is 0. The van der Waals surface area contributed by atoms with Gasteiger partial charge < -0.3 is 44.3 Å². The third kappa shape index (κ3) is 6.76. The first kappa shape index (κ1) is 24.2. The maximum Gasteiger partial charge on any atom is 0.121 e. The molecule has 4 N–H and O–H groups in total. The number of aromatic nitrogens is 1. The minimum absolute atomic E-state index is 0. The molecule has 4 nitrogen and oxygen atoms in total. The first-order valence-corrected chi connectivity index (χ1v) is 7.58. The first-order chi connectivity index (χ1) is 10.5. The Morgan fingerprint density at radius 2 is 1.68 bits per heavy atom. The molecule has 1 aromatic heterocycles. The second-order valence-electron chi connectivity index (χ2n) is 6.74. The second-order valence-corrected chi connectivity index (χ2v) is 6.74. The van der Waals surface area contributed by atoms with Gasteiger partial charge in [-0.05, 0) is 17.7 Å². The number of H-pyrrole nitrogens is 1. The number of nitrogens with one attached hydrogen (secondary N) is 1. The van der Waals surface area contributed by atoms with Crippen LogP contribution in [0.5, 0.6) is 5.75 Å². The Labute approximate surface area is 184 Å². The number of ether oxygens (including phenoxy) is 1. The van der Waals surface area contributed by atoms with Crippen LogP contribution in [0.3, 0.4) is 0 Å². The maximum absolute atomic E-state index is 5.89. The van der Waals surface area contributed by atoms with Crippen LogP contribution < -0.4 is 34.9 Å². The zero-order valence-electron chi connectivity index (χ0n) is 15.0. The lowest BCUT2D eigenvalue weighted by atomic mass is 10.1. The number of aromatic amines is 1. The number of fused-ring (bicyclic) bond motifs is 1. The van der Waals surface area contributed by atoms with Crippen LogP contribution in [0.1, 0.15) is 11.1 Å². The van der Waals surface area contributed by atoms with E-state index in [0.717, 1.165) is 22.3 Å². The van der Waals surface area contributed by atoms with Gasteiger partial charge in [-0.15, -0.1) is 24.0 Å². The molecule has 0 amide bonds. The molecule has 0 saturated heterocycles. The second kappa shape index (κ2) is 10.3. The Balaban J connectivity index is 0.00000192. The van der Waals surface area contributed by atoms with E-state index in [4.69, 9.17) is 4.74 Å². The minimum atomic E-state index is 0. The zero-order chi connectivity index (χ0) is 15.6. The zero-order valence-corrected chi connectivity index (χ0v) is 19.4. The van der Waals surface area contributed by atoms with Gasteiger partial charge in [0.05, 0.1) is 21.1 Å². The lowest BCUT2D eigenvalue weighted by Crippen LogP contribution is -3.00. The van der Waals surface area contributed by atoms with Gasteiger partial charge in [-0.1, -0.05) is 30.3 Å². The topological polar surface area (TPSA) is 60.0 Å². The van der Waals surface area contributed by atoms with Gasteiger partial charge in [0.25, 0.3) is 0 Å². The van der Waals surface area contributed by atoms with Gasteiger partial charge in [-0.25, -0.2) is 0 Å². The average Bonchev–Trinajstić information content (AvgIpc) is 2.87. The van der Waals surface area contributed by atoms with Gasteiger partial charge in [0.2, 0.25) is 0 Å². The van der Waals surface area contributed by atoms with Gasteiger partial charge in [0.15, 0.2) is 0 Å². The number of hydrogen-bond acceptors (Lipinski definition) is 2. The van der Waals surface area contributed by atoms with Crippen LogP contribution in [0.15, 0.2) is 54.7 Å². The van der Waals surface area contributed by atoms with E-state index in [2.05, 4.69) is 62.7 Å². The van der Waals surface area contributed by atoms with Crippen molar-refractivity contribution < 1.29 is 33.2 Å². The van der Waals surface area contributed by atoms with Gasteiger partial charge in [0, 0.05) is 28.7 Å². The monoisotopic (exact) mass is 567 g/mol. The van der Waals surface area contributed by atoms with Crippen LogP contribution in [0.25, 0.3) is 10.9 Å². The van der Waals surface area contributed by atoms with Crippen LogP contribution in [-0.2, 0) is 13.2 Å². The first-order valence-electron chi connectivity index (χ1n) is 7.58. The van der Waals surface area contributed by atoms with E-state index >= 15 is 0 Å². The molecule has 3 rings (SSSR count). The summed E-state index contributed by atoms with van der Waals surface area (Å²) in [5.74, 6) is 0.898. The summed E-state index contributed by atoms with van der Waals surface area (Å²) in [6.07, 6.45) is 2.11. The van der Waals surface area contributed by atoms with Gasteiger partial charge in [-0.3, -0.25) is 0 Å². The molecular formula is C19H27I2N3O. The summed E-state index contributed by atoms with van der Waals surface area (Å²) in [6, 6.07) is 16.5. The molecule has 0 spiro atoms. The van der Waals surface area contributed by atoms with Crippen molar-refractivity contribution in [3.63, 3.8) is 0 Å². The molecule has 138 valence electrons. The van der Waals surface area contributed by atoms with Crippen molar-refractivity contribution in [2.45, 2.75) is 13.2 Å². The molecule has 0 aliphatic rings. The van der Waals surface area contributed by atoms with Gasteiger partial charge in [-0.2, -0.15) is 0 Å². The van der Waals surface area contributed by atoms with E-state index in [9.17, 15) is 0 Å². The fourth-order valence-electron chi connectivity index (χ4n) is 2.64. The van der Waals surface area contributed by atoms with Crippen molar-refractivity contribution in [1.29, 1.82) is 0 Å². The van der Waals surface area contributed by atoms with E-state index in [1.165, 1.54) is 16.5 Å². The van der Waals surface area contributed by atoms with E-state index in [1.54, 1.807) is 0 Å². The molecule has 0 unspecified atom stereocenters. The molecule has 0 atom stereocenters. The van der Waals surface area contributed by atoms with Crippen molar-refractivity contribution in [3.8, 4) is 5.75 Å². The highest BCUT2D eigenvalue weighted by molar-refractivity contribution is 14.0. The third-order valence-corrected chi connectivity index (χ3v) is 3.63. The predicted octanol–water partition coefficient (Wildman–Crippen LogP) is 1.74. The summed E-state index contributed by atoms with van der Waals surface area (Å²) in [7, 11) is 6.61. The highest BCUT2D eigenvalue weighted by atomic mass is 127. The Morgan fingerprint density at radius 1 is 1.00 bits per heavy atom. The third-order valence-electron chi connectivity index (χ3n) is 3.63. The van der Waals surface area contributed by atoms with Crippen LogP contribution >= 0.6 is 24.0 Å². The molecule has 3 aromatic rings. The molecule has 25 heavy (non-hydrogen) atoms. The van der Waals surface area contributed by atoms with Crippen LogP contribution in [-0.4, -0.2) is 30.6 Å². The standard InChI is InChI=1S/C19H23N2O.2HI.H3N/c1-21(2,3)13-16-12-20-19-11-17(9-10-18(16)19)22-14-15-7-5-4-6-8-15;;;/h4-12,20H,13-14H2,1-3H3;2*1H;1H3/q+1;;;/p-1. The molecule has 0 radical (unpaired) electrons. The van der Waals surface area contributed by atoms with E-state index in [-0.39, 0.29) is 54.1 Å². The molecule has 1 heterocycles. The summed E-state index contributed by atoms with van der Waals surface area (Å²) in [5, 5.41) is 1.28. The fourth-order valence-corrected chi connectivity index (χ4v) is 2.64. The molecule has 6 heteroatoms. The maximum atomic E-state index is 5.89. The van der Waals surface area contributed by atoms with Gasteiger partial charge >= 0.3 is 0 Å².